The maximum Gasteiger partial charge on any atom is 0.253 e. The van der Waals surface area contributed by atoms with Crippen molar-refractivity contribution in [1.82, 2.24) is 30.1 Å². The normalized spacial score (nSPS) is 18.7. The number of nitrogens with one attached hydrogen (secondary N) is 1. The lowest BCUT2D eigenvalue weighted by Crippen LogP contribution is -2.38. The zero-order chi connectivity index (χ0) is 25.6. The Hall–Kier alpha value is -4.05. The number of hydrogen-bond acceptors (Lipinski definition) is 7. The summed E-state index contributed by atoms with van der Waals surface area (Å²) in [6.45, 7) is 1.47. The number of fused-ring (bicyclic) bond motifs is 2. The van der Waals surface area contributed by atoms with Crippen molar-refractivity contribution in [3.8, 4) is 11.5 Å². The number of aromatic amines is 1. The Balaban J connectivity index is 1.31. The maximum atomic E-state index is 13.6. The Labute approximate surface area is 217 Å². The Morgan fingerprint density at radius 2 is 1.84 bits per heavy atom. The molecule has 1 fully saturated rings. The number of aromatic nitrogens is 5. The molecule has 2 aromatic carbocycles. The molecular weight excluding hydrogens is 487 g/mol. The van der Waals surface area contributed by atoms with E-state index in [1.54, 1.807) is 6.07 Å². The molecule has 0 unspecified atom stereocenters. The quantitative estimate of drug-likeness (QED) is 0.422. The predicted molar refractivity (Wildman–Crippen MR) is 138 cm³/mol. The largest absolute Gasteiger partial charge is 0.454 e. The van der Waals surface area contributed by atoms with Gasteiger partial charge in [0.05, 0.1) is 11.6 Å². The number of hydrogen-bond donors (Lipinski definition) is 1. The van der Waals surface area contributed by atoms with Crippen molar-refractivity contribution in [2.75, 3.05) is 19.9 Å². The molecule has 0 radical (unpaired) electrons. The fourth-order valence-electron chi connectivity index (χ4n) is 5.95. The second-order valence-electron chi connectivity index (χ2n) is 10.2. The van der Waals surface area contributed by atoms with Gasteiger partial charge in [0.25, 0.3) is 5.56 Å². The van der Waals surface area contributed by atoms with Crippen LogP contribution in [0.25, 0.3) is 16.5 Å². The minimum absolute atomic E-state index is 0.165. The van der Waals surface area contributed by atoms with E-state index in [0.29, 0.717) is 41.5 Å². The van der Waals surface area contributed by atoms with Crippen molar-refractivity contribution in [3.63, 3.8) is 0 Å². The van der Waals surface area contributed by atoms with E-state index in [0.717, 1.165) is 48.6 Å². The lowest BCUT2D eigenvalue weighted by molar-refractivity contribution is 0.174. The van der Waals surface area contributed by atoms with Gasteiger partial charge >= 0.3 is 0 Å². The standard InChI is InChI=1S/C28H27FN6O3/c29-20-7-5-17(6-8-20)18-9-11-34(12-10-18)26(27-31-32-33-35(27)21-3-1-2-4-21)22-13-19-14-24-25(38-16-37-24)15-23(19)30-28(22)36/h5-9,13-15,21,26H,1-4,10-12,16H2,(H,30,36)/t26-/m1/s1. The summed E-state index contributed by atoms with van der Waals surface area (Å²) >= 11 is 0. The van der Waals surface area contributed by atoms with Crippen LogP contribution in [0.15, 0.2) is 53.3 Å². The number of rotatable bonds is 5. The van der Waals surface area contributed by atoms with Crippen LogP contribution in [0.4, 0.5) is 4.39 Å². The molecule has 1 aliphatic carbocycles. The maximum absolute atomic E-state index is 13.6. The van der Waals surface area contributed by atoms with Crippen molar-refractivity contribution >= 4 is 16.5 Å². The molecule has 2 aliphatic heterocycles. The van der Waals surface area contributed by atoms with Crippen LogP contribution in [0.1, 0.15) is 61.1 Å². The number of benzene rings is 2. The molecule has 2 aromatic heterocycles. The van der Waals surface area contributed by atoms with E-state index < -0.39 is 6.04 Å². The highest BCUT2D eigenvalue weighted by Gasteiger charge is 2.34. The van der Waals surface area contributed by atoms with Gasteiger partial charge in [-0.05, 0) is 65.1 Å². The number of halogens is 1. The molecule has 7 rings (SSSR count). The minimum Gasteiger partial charge on any atom is -0.454 e. The summed E-state index contributed by atoms with van der Waals surface area (Å²) in [6.07, 6.45) is 7.25. The van der Waals surface area contributed by atoms with Crippen LogP contribution in [-0.4, -0.2) is 50.0 Å². The van der Waals surface area contributed by atoms with Gasteiger partial charge in [-0.1, -0.05) is 31.1 Å². The molecule has 10 heteroatoms. The van der Waals surface area contributed by atoms with E-state index in [1.165, 1.54) is 12.1 Å². The average Bonchev–Trinajstić information content (AvgIpc) is 3.71. The van der Waals surface area contributed by atoms with Crippen LogP contribution in [0, 0.1) is 5.82 Å². The molecule has 0 spiro atoms. The molecular formula is C28H27FN6O3. The molecule has 3 aliphatic rings. The van der Waals surface area contributed by atoms with Gasteiger partial charge in [-0.3, -0.25) is 9.69 Å². The molecule has 9 nitrogen and oxygen atoms in total. The van der Waals surface area contributed by atoms with Gasteiger partial charge in [0.1, 0.15) is 11.9 Å². The topological polar surface area (TPSA) is 98.2 Å². The smallest absolute Gasteiger partial charge is 0.253 e. The monoisotopic (exact) mass is 514 g/mol. The first-order valence-electron chi connectivity index (χ1n) is 13.1. The third-order valence-electron chi connectivity index (χ3n) is 7.91. The fourth-order valence-corrected chi connectivity index (χ4v) is 5.95. The van der Waals surface area contributed by atoms with Crippen molar-refractivity contribution in [1.29, 1.82) is 0 Å². The first-order valence-corrected chi connectivity index (χ1v) is 13.1. The summed E-state index contributed by atoms with van der Waals surface area (Å²) in [7, 11) is 0. The Morgan fingerprint density at radius 1 is 1.05 bits per heavy atom. The van der Waals surface area contributed by atoms with Gasteiger partial charge in [-0.2, -0.15) is 0 Å². The highest BCUT2D eigenvalue weighted by molar-refractivity contribution is 5.83. The second-order valence-corrected chi connectivity index (χ2v) is 10.2. The van der Waals surface area contributed by atoms with Gasteiger partial charge in [0.15, 0.2) is 17.3 Å². The van der Waals surface area contributed by atoms with Crippen LogP contribution < -0.4 is 15.0 Å². The van der Waals surface area contributed by atoms with E-state index in [9.17, 15) is 9.18 Å². The molecule has 4 heterocycles. The third kappa shape index (κ3) is 4.05. The van der Waals surface area contributed by atoms with Gasteiger partial charge in [0.2, 0.25) is 6.79 Å². The number of nitrogens with zero attached hydrogens (tertiary/aromatic N) is 5. The Kier molecular flexibility index (Phi) is 5.69. The highest BCUT2D eigenvalue weighted by Crippen LogP contribution is 2.38. The molecule has 4 aromatic rings. The van der Waals surface area contributed by atoms with Gasteiger partial charge in [-0.25, -0.2) is 9.07 Å². The first-order chi connectivity index (χ1) is 18.6. The van der Waals surface area contributed by atoms with E-state index in [2.05, 4.69) is 31.5 Å². The average molecular weight is 515 g/mol. The first kappa shape index (κ1) is 23.1. The van der Waals surface area contributed by atoms with Gasteiger partial charge in [-0.15, -0.1) is 5.10 Å². The fraction of sp³-hybridized carbons (Fsp3) is 0.357. The van der Waals surface area contributed by atoms with Gasteiger partial charge in [0, 0.05) is 30.1 Å². The number of H-pyrrole nitrogens is 1. The molecule has 0 amide bonds. The summed E-state index contributed by atoms with van der Waals surface area (Å²) in [4.78, 5) is 18.9. The van der Waals surface area contributed by atoms with E-state index >= 15 is 0 Å². The molecule has 38 heavy (non-hydrogen) atoms. The summed E-state index contributed by atoms with van der Waals surface area (Å²) in [6, 6.07) is 12.0. The Morgan fingerprint density at radius 3 is 2.61 bits per heavy atom. The predicted octanol–water partition coefficient (Wildman–Crippen LogP) is 4.38. The van der Waals surface area contributed by atoms with Crippen molar-refractivity contribution in [2.24, 2.45) is 0 Å². The molecule has 1 atom stereocenters. The third-order valence-corrected chi connectivity index (χ3v) is 7.91. The highest BCUT2D eigenvalue weighted by atomic mass is 19.1. The SMILES string of the molecule is O=c1[nH]c2cc3c(cc2cc1[C@H](c1nnnn1C1CCCC1)N1CC=C(c2ccc(F)cc2)CC1)OCO3. The summed E-state index contributed by atoms with van der Waals surface area (Å²) < 4.78 is 26.5. The van der Waals surface area contributed by atoms with Crippen LogP contribution >= 0.6 is 0 Å². The molecule has 0 bridgehead atoms. The summed E-state index contributed by atoms with van der Waals surface area (Å²) in [5.41, 5.74) is 3.27. The number of tetrazole rings is 1. The Bertz CT molecular complexity index is 1590. The van der Waals surface area contributed by atoms with Crippen LogP contribution in [-0.2, 0) is 0 Å². The zero-order valence-corrected chi connectivity index (χ0v) is 20.8. The van der Waals surface area contributed by atoms with Crippen molar-refractivity contribution < 1.29 is 13.9 Å². The van der Waals surface area contributed by atoms with E-state index in [-0.39, 0.29) is 24.2 Å². The summed E-state index contributed by atoms with van der Waals surface area (Å²) in [5, 5.41) is 13.8. The number of pyridine rings is 1. The molecule has 194 valence electrons. The molecule has 1 saturated carbocycles. The van der Waals surface area contributed by atoms with E-state index in [1.807, 2.05) is 28.9 Å². The zero-order valence-electron chi connectivity index (χ0n) is 20.8. The minimum atomic E-state index is -0.435. The lowest BCUT2D eigenvalue weighted by atomic mass is 9.96. The molecule has 1 N–H and O–H groups in total. The van der Waals surface area contributed by atoms with Crippen LogP contribution in [0.3, 0.4) is 0 Å². The number of ether oxygens (including phenoxy) is 2. The summed E-state index contributed by atoms with van der Waals surface area (Å²) in [5.74, 6) is 1.72. The van der Waals surface area contributed by atoms with E-state index in [4.69, 9.17) is 9.47 Å². The van der Waals surface area contributed by atoms with Crippen LogP contribution in [0.2, 0.25) is 0 Å². The van der Waals surface area contributed by atoms with Crippen molar-refractivity contribution in [2.45, 2.75) is 44.2 Å². The van der Waals surface area contributed by atoms with Gasteiger partial charge < -0.3 is 14.5 Å². The van der Waals surface area contributed by atoms with Crippen LogP contribution in [0.5, 0.6) is 11.5 Å². The lowest BCUT2D eigenvalue weighted by Gasteiger charge is -2.33. The molecule has 0 saturated heterocycles. The van der Waals surface area contributed by atoms with Crippen molar-refractivity contribution in [3.05, 3.63) is 81.7 Å². The second kappa shape index (κ2) is 9.36.